The standard InChI is InChI=1S/C13H24O2/c1-11-9-10-14-13(15-11)8-7-12-5-3-2-4-6-12/h11-13H,2-10H2,1H3/t11-,13+/m1/s1. The molecular formula is C13H24O2. The van der Waals surface area contributed by atoms with Crippen LogP contribution in [0.2, 0.25) is 0 Å². The predicted molar refractivity (Wildman–Crippen MR) is 60.7 cm³/mol. The summed E-state index contributed by atoms with van der Waals surface area (Å²) in [6.07, 6.45) is 11.1. The molecule has 1 saturated carbocycles. The van der Waals surface area contributed by atoms with Gasteiger partial charge in [0.25, 0.3) is 0 Å². The molecule has 0 N–H and O–H groups in total. The third-order valence-corrected chi connectivity index (χ3v) is 3.75. The van der Waals surface area contributed by atoms with Crippen molar-refractivity contribution in [2.75, 3.05) is 6.61 Å². The molecule has 1 aliphatic heterocycles. The van der Waals surface area contributed by atoms with Crippen molar-refractivity contribution in [3.8, 4) is 0 Å². The van der Waals surface area contributed by atoms with Crippen molar-refractivity contribution in [1.82, 2.24) is 0 Å². The van der Waals surface area contributed by atoms with Gasteiger partial charge in [-0.15, -0.1) is 0 Å². The molecule has 0 amide bonds. The van der Waals surface area contributed by atoms with Crippen LogP contribution in [0, 0.1) is 5.92 Å². The second kappa shape index (κ2) is 5.86. The summed E-state index contributed by atoms with van der Waals surface area (Å²) in [4.78, 5) is 0. The van der Waals surface area contributed by atoms with Gasteiger partial charge in [-0.05, 0) is 32.1 Å². The smallest absolute Gasteiger partial charge is 0.157 e. The van der Waals surface area contributed by atoms with Crippen molar-refractivity contribution < 1.29 is 9.47 Å². The highest BCUT2D eigenvalue weighted by molar-refractivity contribution is 4.68. The molecular weight excluding hydrogens is 188 g/mol. The molecule has 2 fully saturated rings. The molecule has 1 heterocycles. The lowest BCUT2D eigenvalue weighted by atomic mass is 9.86. The van der Waals surface area contributed by atoms with Gasteiger partial charge >= 0.3 is 0 Å². The monoisotopic (exact) mass is 212 g/mol. The Morgan fingerprint density at radius 3 is 2.53 bits per heavy atom. The highest BCUT2D eigenvalue weighted by Crippen LogP contribution is 2.29. The molecule has 1 saturated heterocycles. The maximum absolute atomic E-state index is 5.76. The summed E-state index contributed by atoms with van der Waals surface area (Å²) in [5.74, 6) is 0.947. The minimum atomic E-state index is 0.0932. The van der Waals surface area contributed by atoms with E-state index >= 15 is 0 Å². The zero-order chi connectivity index (χ0) is 10.5. The predicted octanol–water partition coefficient (Wildman–Crippen LogP) is 3.50. The fourth-order valence-corrected chi connectivity index (χ4v) is 2.73. The normalized spacial score (nSPS) is 34.2. The van der Waals surface area contributed by atoms with Gasteiger partial charge in [-0.25, -0.2) is 0 Å². The first-order chi connectivity index (χ1) is 7.34. The summed E-state index contributed by atoms with van der Waals surface area (Å²) in [6.45, 7) is 3.03. The molecule has 1 aliphatic carbocycles. The fourth-order valence-electron chi connectivity index (χ4n) is 2.73. The van der Waals surface area contributed by atoms with E-state index in [-0.39, 0.29) is 6.29 Å². The summed E-state index contributed by atoms with van der Waals surface area (Å²) in [7, 11) is 0. The molecule has 0 spiro atoms. The summed E-state index contributed by atoms with van der Waals surface area (Å²) in [5, 5.41) is 0. The minimum Gasteiger partial charge on any atom is -0.353 e. The molecule has 88 valence electrons. The number of rotatable bonds is 3. The first-order valence-electron chi connectivity index (χ1n) is 6.61. The lowest BCUT2D eigenvalue weighted by molar-refractivity contribution is -0.211. The van der Waals surface area contributed by atoms with Gasteiger partial charge in [-0.2, -0.15) is 0 Å². The van der Waals surface area contributed by atoms with Crippen LogP contribution in [-0.4, -0.2) is 19.0 Å². The van der Waals surface area contributed by atoms with Crippen LogP contribution in [0.4, 0.5) is 0 Å². The fraction of sp³-hybridized carbons (Fsp3) is 1.00. The summed E-state index contributed by atoms with van der Waals surface area (Å²) in [6, 6.07) is 0. The van der Waals surface area contributed by atoms with Gasteiger partial charge in [0.1, 0.15) is 0 Å². The van der Waals surface area contributed by atoms with Crippen LogP contribution in [-0.2, 0) is 9.47 Å². The Balaban J connectivity index is 1.63. The van der Waals surface area contributed by atoms with Crippen molar-refractivity contribution in [3.63, 3.8) is 0 Å². The Labute approximate surface area is 93.3 Å². The molecule has 2 aliphatic rings. The van der Waals surface area contributed by atoms with Gasteiger partial charge < -0.3 is 9.47 Å². The largest absolute Gasteiger partial charge is 0.353 e. The van der Waals surface area contributed by atoms with Crippen molar-refractivity contribution >= 4 is 0 Å². The Morgan fingerprint density at radius 1 is 1.00 bits per heavy atom. The van der Waals surface area contributed by atoms with E-state index in [0.717, 1.165) is 25.4 Å². The van der Waals surface area contributed by atoms with Crippen molar-refractivity contribution in [2.45, 2.75) is 70.7 Å². The average Bonchev–Trinajstić information content (AvgIpc) is 2.28. The van der Waals surface area contributed by atoms with Crippen molar-refractivity contribution in [1.29, 1.82) is 0 Å². The van der Waals surface area contributed by atoms with E-state index in [0.29, 0.717) is 6.10 Å². The zero-order valence-corrected chi connectivity index (χ0v) is 9.91. The van der Waals surface area contributed by atoms with Crippen LogP contribution >= 0.6 is 0 Å². The molecule has 0 unspecified atom stereocenters. The Morgan fingerprint density at radius 2 is 1.80 bits per heavy atom. The van der Waals surface area contributed by atoms with Gasteiger partial charge in [-0.1, -0.05) is 32.1 Å². The second-order valence-corrected chi connectivity index (χ2v) is 5.12. The van der Waals surface area contributed by atoms with Crippen LogP contribution in [0.5, 0.6) is 0 Å². The van der Waals surface area contributed by atoms with E-state index in [1.165, 1.54) is 38.5 Å². The second-order valence-electron chi connectivity index (χ2n) is 5.12. The molecule has 0 aromatic heterocycles. The van der Waals surface area contributed by atoms with E-state index < -0.39 is 0 Å². The van der Waals surface area contributed by atoms with E-state index in [1.54, 1.807) is 0 Å². The molecule has 2 atom stereocenters. The van der Waals surface area contributed by atoms with Gasteiger partial charge in [0.2, 0.25) is 0 Å². The minimum absolute atomic E-state index is 0.0932. The number of ether oxygens (including phenoxy) is 2. The van der Waals surface area contributed by atoms with Crippen LogP contribution in [0.1, 0.15) is 58.3 Å². The van der Waals surface area contributed by atoms with Crippen LogP contribution < -0.4 is 0 Å². The quantitative estimate of drug-likeness (QED) is 0.713. The molecule has 0 bridgehead atoms. The summed E-state index contributed by atoms with van der Waals surface area (Å²) >= 11 is 0. The lowest BCUT2D eigenvalue weighted by Gasteiger charge is -2.30. The molecule has 2 nitrogen and oxygen atoms in total. The topological polar surface area (TPSA) is 18.5 Å². The highest BCUT2D eigenvalue weighted by Gasteiger charge is 2.21. The SMILES string of the molecule is C[C@@H]1CCO[C@H](CCC2CCCCC2)O1. The Bertz CT molecular complexity index is 175. The third-order valence-electron chi connectivity index (χ3n) is 3.75. The Kier molecular flexibility index (Phi) is 4.45. The van der Waals surface area contributed by atoms with Crippen LogP contribution in [0.25, 0.3) is 0 Å². The van der Waals surface area contributed by atoms with Crippen LogP contribution in [0.15, 0.2) is 0 Å². The Hall–Kier alpha value is -0.0800. The van der Waals surface area contributed by atoms with Crippen molar-refractivity contribution in [2.24, 2.45) is 5.92 Å². The first kappa shape index (κ1) is 11.4. The van der Waals surface area contributed by atoms with E-state index in [9.17, 15) is 0 Å². The molecule has 0 aromatic carbocycles. The van der Waals surface area contributed by atoms with E-state index in [2.05, 4.69) is 6.92 Å². The summed E-state index contributed by atoms with van der Waals surface area (Å²) in [5.41, 5.74) is 0. The molecule has 2 rings (SSSR count). The van der Waals surface area contributed by atoms with Gasteiger partial charge in [-0.3, -0.25) is 0 Å². The maximum atomic E-state index is 5.76. The molecule has 15 heavy (non-hydrogen) atoms. The zero-order valence-electron chi connectivity index (χ0n) is 9.91. The number of hydrogen-bond acceptors (Lipinski definition) is 2. The van der Waals surface area contributed by atoms with Gasteiger partial charge in [0.05, 0.1) is 12.7 Å². The molecule has 2 heteroatoms. The van der Waals surface area contributed by atoms with E-state index in [4.69, 9.17) is 9.47 Å². The number of hydrogen-bond donors (Lipinski definition) is 0. The third kappa shape index (κ3) is 3.76. The maximum Gasteiger partial charge on any atom is 0.157 e. The molecule has 0 radical (unpaired) electrons. The highest BCUT2D eigenvalue weighted by atomic mass is 16.7. The molecule has 0 aromatic rings. The average molecular weight is 212 g/mol. The van der Waals surface area contributed by atoms with Gasteiger partial charge in [0.15, 0.2) is 6.29 Å². The van der Waals surface area contributed by atoms with Crippen LogP contribution in [0.3, 0.4) is 0 Å². The van der Waals surface area contributed by atoms with Gasteiger partial charge in [0, 0.05) is 0 Å². The van der Waals surface area contributed by atoms with E-state index in [1.807, 2.05) is 0 Å². The lowest BCUT2D eigenvalue weighted by Crippen LogP contribution is -2.30. The summed E-state index contributed by atoms with van der Waals surface area (Å²) < 4.78 is 11.4. The first-order valence-corrected chi connectivity index (χ1v) is 6.61. The van der Waals surface area contributed by atoms with Crippen molar-refractivity contribution in [3.05, 3.63) is 0 Å².